The first-order valence-corrected chi connectivity index (χ1v) is 10.6. The quantitative estimate of drug-likeness (QED) is 0.140. The molecule has 0 aliphatic heterocycles. The minimum atomic E-state index is -1.05. The minimum absolute atomic E-state index is 0.0274. The van der Waals surface area contributed by atoms with E-state index in [0.29, 0.717) is 16.9 Å². The molecule has 0 aliphatic carbocycles. The van der Waals surface area contributed by atoms with Crippen LogP contribution in [0.2, 0.25) is 0 Å². The van der Waals surface area contributed by atoms with Crippen LogP contribution in [0.1, 0.15) is 33.2 Å². The number of amides is 1. The lowest BCUT2D eigenvalue weighted by Gasteiger charge is -2.11. The van der Waals surface area contributed by atoms with Gasteiger partial charge in [0.1, 0.15) is 5.75 Å². The van der Waals surface area contributed by atoms with Gasteiger partial charge in [0, 0.05) is 17.7 Å². The van der Waals surface area contributed by atoms with Crippen molar-refractivity contribution in [3.8, 4) is 17.2 Å². The predicted molar refractivity (Wildman–Crippen MR) is 130 cm³/mol. The van der Waals surface area contributed by atoms with Crippen molar-refractivity contribution in [2.75, 3.05) is 13.7 Å². The zero-order valence-corrected chi connectivity index (χ0v) is 19.6. The average Bonchev–Trinajstić information content (AvgIpc) is 2.89. The van der Waals surface area contributed by atoms with Crippen LogP contribution in [-0.2, 0) is 0 Å². The first kappa shape index (κ1) is 26.3. The van der Waals surface area contributed by atoms with Crippen molar-refractivity contribution < 1.29 is 33.6 Å². The highest BCUT2D eigenvalue weighted by atomic mass is 16.6. The number of ether oxygens (including phenoxy) is 3. The van der Waals surface area contributed by atoms with E-state index in [0.717, 1.165) is 18.2 Å². The number of hydrogen-bond acceptors (Lipinski definition) is 10. The van der Waals surface area contributed by atoms with Crippen LogP contribution in [0.4, 0.5) is 11.4 Å². The lowest BCUT2D eigenvalue weighted by Crippen LogP contribution is -2.17. The second-order valence-corrected chi connectivity index (χ2v) is 7.21. The molecule has 0 unspecified atom stereocenters. The van der Waals surface area contributed by atoms with Crippen LogP contribution in [0.5, 0.6) is 17.2 Å². The van der Waals surface area contributed by atoms with Crippen molar-refractivity contribution in [2.24, 2.45) is 5.10 Å². The first-order chi connectivity index (χ1) is 17.7. The summed E-state index contributed by atoms with van der Waals surface area (Å²) < 4.78 is 15.8. The summed E-state index contributed by atoms with van der Waals surface area (Å²) in [6.07, 6.45) is 1.35. The van der Waals surface area contributed by atoms with E-state index < -0.39 is 33.1 Å². The van der Waals surface area contributed by atoms with Gasteiger partial charge in [-0.15, -0.1) is 0 Å². The number of hydrazone groups is 1. The number of methoxy groups -OCH3 is 1. The summed E-state index contributed by atoms with van der Waals surface area (Å²) in [6, 6.07) is 13.3. The normalized spacial score (nSPS) is 10.5. The average molecular weight is 508 g/mol. The molecular formula is C24H20N4O9. The number of hydrogen-bond donors (Lipinski definition) is 1. The zero-order valence-electron chi connectivity index (χ0n) is 19.6. The van der Waals surface area contributed by atoms with Crippen LogP contribution >= 0.6 is 0 Å². The van der Waals surface area contributed by atoms with Crippen molar-refractivity contribution in [1.29, 1.82) is 0 Å². The molecule has 13 nitrogen and oxygen atoms in total. The summed E-state index contributed by atoms with van der Waals surface area (Å²) >= 11 is 0. The molecule has 0 saturated carbocycles. The van der Waals surface area contributed by atoms with Gasteiger partial charge in [-0.2, -0.15) is 5.10 Å². The van der Waals surface area contributed by atoms with Gasteiger partial charge in [-0.05, 0) is 55.0 Å². The van der Waals surface area contributed by atoms with E-state index in [9.17, 15) is 29.8 Å². The first-order valence-electron chi connectivity index (χ1n) is 10.6. The largest absolute Gasteiger partial charge is 0.497 e. The Morgan fingerprint density at radius 1 is 0.919 bits per heavy atom. The Morgan fingerprint density at radius 3 is 2.14 bits per heavy atom. The lowest BCUT2D eigenvalue weighted by atomic mass is 10.1. The number of benzene rings is 3. The van der Waals surface area contributed by atoms with Gasteiger partial charge in [0.05, 0.1) is 41.4 Å². The Kier molecular flexibility index (Phi) is 8.44. The van der Waals surface area contributed by atoms with Crippen LogP contribution < -0.4 is 19.6 Å². The topological polar surface area (TPSA) is 172 Å². The number of nitro benzene ring substituents is 2. The van der Waals surface area contributed by atoms with Crippen LogP contribution in [0.15, 0.2) is 65.8 Å². The summed E-state index contributed by atoms with van der Waals surface area (Å²) in [6.45, 7) is 1.91. The Morgan fingerprint density at radius 2 is 1.57 bits per heavy atom. The van der Waals surface area contributed by atoms with Gasteiger partial charge >= 0.3 is 5.97 Å². The molecule has 3 aromatic rings. The molecule has 0 saturated heterocycles. The van der Waals surface area contributed by atoms with Gasteiger partial charge < -0.3 is 14.2 Å². The fourth-order valence-electron chi connectivity index (χ4n) is 3.01. The second kappa shape index (κ2) is 11.9. The summed E-state index contributed by atoms with van der Waals surface area (Å²) in [5, 5.41) is 26.1. The molecule has 0 radical (unpaired) electrons. The van der Waals surface area contributed by atoms with E-state index in [1.165, 1.54) is 31.5 Å². The molecule has 13 heteroatoms. The van der Waals surface area contributed by atoms with Gasteiger partial charge in [0.15, 0.2) is 11.5 Å². The number of carbonyl (C=O) groups is 2. The van der Waals surface area contributed by atoms with Gasteiger partial charge in [-0.1, -0.05) is 0 Å². The molecule has 0 aromatic heterocycles. The molecular weight excluding hydrogens is 488 g/mol. The molecule has 1 amide bonds. The zero-order chi connectivity index (χ0) is 26.9. The number of rotatable bonds is 10. The smallest absolute Gasteiger partial charge is 0.344 e. The molecule has 0 bridgehead atoms. The van der Waals surface area contributed by atoms with Crippen molar-refractivity contribution in [3.05, 3.63) is 97.6 Å². The van der Waals surface area contributed by atoms with Gasteiger partial charge in [0.2, 0.25) is 0 Å². The molecule has 3 aromatic carbocycles. The molecule has 0 atom stereocenters. The van der Waals surface area contributed by atoms with E-state index >= 15 is 0 Å². The lowest BCUT2D eigenvalue weighted by molar-refractivity contribution is -0.394. The molecule has 0 fully saturated rings. The van der Waals surface area contributed by atoms with Crippen LogP contribution in [0, 0.1) is 20.2 Å². The maximum atomic E-state index is 12.6. The second-order valence-electron chi connectivity index (χ2n) is 7.21. The summed E-state index contributed by atoms with van der Waals surface area (Å²) in [5.41, 5.74) is 1.61. The van der Waals surface area contributed by atoms with Gasteiger partial charge in [-0.25, -0.2) is 10.2 Å². The third kappa shape index (κ3) is 6.85. The molecule has 3 rings (SSSR count). The van der Waals surface area contributed by atoms with Crippen LogP contribution in [0.3, 0.4) is 0 Å². The highest BCUT2D eigenvalue weighted by Crippen LogP contribution is 2.30. The Hall–Kier alpha value is -5.33. The number of esters is 1. The van der Waals surface area contributed by atoms with E-state index in [1.807, 2.05) is 0 Å². The highest BCUT2D eigenvalue weighted by Gasteiger charge is 2.22. The van der Waals surface area contributed by atoms with Crippen molar-refractivity contribution in [3.63, 3.8) is 0 Å². The summed E-state index contributed by atoms with van der Waals surface area (Å²) in [5.74, 6) is -0.781. The standard InChI is InChI=1S/C24H20N4O9/c1-3-36-22-10-15(14-25-26-23(29)16-5-7-20(35-2)8-6-16)4-9-21(22)37-24(30)17-11-18(27(31)32)13-19(12-17)28(33)34/h4-14H,3H2,1-2H3,(H,26,29)/b25-14+. The predicted octanol–water partition coefficient (Wildman–Crippen LogP) is 3.89. The number of carbonyl (C=O) groups excluding carboxylic acids is 2. The number of nitrogens with one attached hydrogen (secondary N) is 1. The van der Waals surface area contributed by atoms with Gasteiger partial charge in [-0.3, -0.25) is 25.0 Å². The highest BCUT2D eigenvalue weighted by molar-refractivity contribution is 5.95. The summed E-state index contributed by atoms with van der Waals surface area (Å²) in [4.78, 5) is 45.3. The third-order valence-electron chi connectivity index (χ3n) is 4.76. The molecule has 37 heavy (non-hydrogen) atoms. The maximum Gasteiger partial charge on any atom is 0.344 e. The van der Waals surface area contributed by atoms with Gasteiger partial charge in [0.25, 0.3) is 17.3 Å². The molecule has 0 aliphatic rings. The molecule has 190 valence electrons. The summed E-state index contributed by atoms with van der Waals surface area (Å²) in [7, 11) is 1.52. The van der Waals surface area contributed by atoms with E-state index in [2.05, 4.69) is 10.5 Å². The van der Waals surface area contributed by atoms with Crippen LogP contribution in [-0.4, -0.2) is 41.7 Å². The van der Waals surface area contributed by atoms with E-state index in [-0.39, 0.29) is 23.7 Å². The molecule has 0 spiro atoms. The Balaban J connectivity index is 1.76. The monoisotopic (exact) mass is 508 g/mol. The minimum Gasteiger partial charge on any atom is -0.497 e. The fourth-order valence-corrected chi connectivity index (χ4v) is 3.01. The Labute approximate surface area is 209 Å². The Bertz CT molecular complexity index is 1340. The number of nitro groups is 2. The molecule has 1 N–H and O–H groups in total. The number of nitrogens with zero attached hydrogens (tertiary/aromatic N) is 3. The van der Waals surface area contributed by atoms with Crippen LogP contribution in [0.25, 0.3) is 0 Å². The van der Waals surface area contributed by atoms with Crippen molar-refractivity contribution >= 4 is 29.5 Å². The number of non-ortho nitro benzene ring substituents is 2. The maximum absolute atomic E-state index is 12.6. The van der Waals surface area contributed by atoms with Crippen molar-refractivity contribution in [1.82, 2.24) is 5.43 Å². The fraction of sp³-hybridized carbons (Fsp3) is 0.125. The van der Waals surface area contributed by atoms with E-state index in [4.69, 9.17) is 14.2 Å². The van der Waals surface area contributed by atoms with E-state index in [1.54, 1.807) is 31.2 Å². The molecule has 0 heterocycles. The van der Waals surface area contributed by atoms with Crippen molar-refractivity contribution in [2.45, 2.75) is 6.92 Å². The third-order valence-corrected chi connectivity index (χ3v) is 4.76. The SMILES string of the molecule is CCOc1cc(/C=N/NC(=O)c2ccc(OC)cc2)ccc1OC(=O)c1cc([N+](=O)[O-])cc([N+](=O)[O-])c1.